The van der Waals surface area contributed by atoms with Gasteiger partial charge in [-0.2, -0.15) is 0 Å². The second kappa shape index (κ2) is 6.75. The van der Waals surface area contributed by atoms with Crippen molar-refractivity contribution in [2.75, 3.05) is 13.7 Å². The lowest BCUT2D eigenvalue weighted by atomic mass is 10.2. The van der Waals surface area contributed by atoms with E-state index in [-0.39, 0.29) is 18.6 Å². The number of nitrogens with one attached hydrogen (secondary N) is 1. The van der Waals surface area contributed by atoms with Crippen LogP contribution in [-0.4, -0.2) is 31.6 Å². The van der Waals surface area contributed by atoms with E-state index in [0.29, 0.717) is 5.75 Å². The molecular weight excluding hydrogens is 258 g/mol. The van der Waals surface area contributed by atoms with Crippen molar-refractivity contribution in [3.8, 4) is 5.75 Å². The van der Waals surface area contributed by atoms with E-state index in [4.69, 9.17) is 9.47 Å². The maximum atomic E-state index is 11.5. The second-order valence-electron chi connectivity index (χ2n) is 4.56. The molecule has 1 aromatic carbocycles. The van der Waals surface area contributed by atoms with Gasteiger partial charge < -0.3 is 14.8 Å². The minimum absolute atomic E-state index is 0.238. The Hall–Kier alpha value is -2.30. The predicted octanol–water partition coefficient (Wildman–Crippen LogP) is 1.53. The van der Waals surface area contributed by atoms with Gasteiger partial charge in [-0.25, -0.2) is 4.79 Å². The number of carbonyl (C=O) groups excluding carboxylic acids is 2. The van der Waals surface area contributed by atoms with Crippen LogP contribution in [0.1, 0.15) is 18.4 Å². The molecule has 1 saturated carbocycles. The Kier molecular flexibility index (Phi) is 4.76. The number of benzene rings is 1. The quantitative estimate of drug-likeness (QED) is 0.631. The topological polar surface area (TPSA) is 64.6 Å². The third-order valence-corrected chi connectivity index (χ3v) is 2.79. The molecule has 0 saturated heterocycles. The van der Waals surface area contributed by atoms with Crippen molar-refractivity contribution in [2.45, 2.75) is 18.9 Å². The van der Waals surface area contributed by atoms with E-state index >= 15 is 0 Å². The highest BCUT2D eigenvalue weighted by Crippen LogP contribution is 2.18. The van der Waals surface area contributed by atoms with Gasteiger partial charge >= 0.3 is 5.97 Å². The molecule has 0 radical (unpaired) electrons. The zero-order valence-electron chi connectivity index (χ0n) is 11.3. The molecule has 5 heteroatoms. The molecule has 0 heterocycles. The van der Waals surface area contributed by atoms with Crippen molar-refractivity contribution in [1.29, 1.82) is 0 Å². The van der Waals surface area contributed by atoms with Gasteiger partial charge in [0.2, 0.25) is 0 Å². The molecule has 1 fully saturated rings. The summed E-state index contributed by atoms with van der Waals surface area (Å²) in [6.07, 6.45) is 4.92. The lowest BCUT2D eigenvalue weighted by molar-refractivity contribution is -0.143. The molecule has 106 valence electrons. The lowest BCUT2D eigenvalue weighted by Crippen LogP contribution is -2.30. The average Bonchev–Trinajstić information content (AvgIpc) is 3.27. The first-order chi connectivity index (χ1) is 9.67. The molecule has 1 amide bonds. The van der Waals surface area contributed by atoms with Gasteiger partial charge in [0.15, 0.2) is 6.61 Å². The van der Waals surface area contributed by atoms with Crippen LogP contribution < -0.4 is 10.1 Å². The molecule has 5 nitrogen and oxygen atoms in total. The van der Waals surface area contributed by atoms with E-state index in [1.807, 2.05) is 18.2 Å². The van der Waals surface area contributed by atoms with Gasteiger partial charge in [0.1, 0.15) is 5.75 Å². The number of carbonyl (C=O) groups is 2. The van der Waals surface area contributed by atoms with Gasteiger partial charge in [-0.1, -0.05) is 12.1 Å². The Morgan fingerprint density at radius 3 is 2.90 bits per heavy atom. The van der Waals surface area contributed by atoms with E-state index in [1.54, 1.807) is 19.3 Å². The number of rotatable bonds is 6. The smallest absolute Gasteiger partial charge is 0.331 e. The number of esters is 1. The van der Waals surface area contributed by atoms with E-state index in [2.05, 4.69) is 5.32 Å². The number of amides is 1. The van der Waals surface area contributed by atoms with Crippen molar-refractivity contribution in [3.05, 3.63) is 35.9 Å². The first-order valence-electron chi connectivity index (χ1n) is 6.45. The maximum Gasteiger partial charge on any atom is 0.331 e. The van der Waals surface area contributed by atoms with Crippen LogP contribution in [-0.2, 0) is 14.3 Å². The average molecular weight is 275 g/mol. The van der Waals surface area contributed by atoms with E-state index < -0.39 is 5.97 Å². The Bertz CT molecular complexity index is 520. The van der Waals surface area contributed by atoms with Crippen LogP contribution in [0.2, 0.25) is 0 Å². The predicted molar refractivity (Wildman–Crippen MR) is 74.2 cm³/mol. The fourth-order valence-electron chi connectivity index (χ4n) is 1.59. The molecule has 0 atom stereocenters. The Balaban J connectivity index is 1.77. The van der Waals surface area contributed by atoms with Crippen molar-refractivity contribution in [1.82, 2.24) is 5.32 Å². The van der Waals surface area contributed by atoms with Gasteiger partial charge in [-0.3, -0.25) is 4.79 Å². The molecule has 1 aliphatic rings. The minimum atomic E-state index is -0.543. The van der Waals surface area contributed by atoms with Crippen LogP contribution >= 0.6 is 0 Å². The zero-order valence-corrected chi connectivity index (χ0v) is 11.3. The summed E-state index contributed by atoms with van der Waals surface area (Å²) >= 11 is 0. The zero-order chi connectivity index (χ0) is 14.4. The van der Waals surface area contributed by atoms with Crippen molar-refractivity contribution in [3.63, 3.8) is 0 Å². The van der Waals surface area contributed by atoms with Crippen molar-refractivity contribution < 1.29 is 19.1 Å². The molecule has 20 heavy (non-hydrogen) atoms. The third-order valence-electron chi connectivity index (χ3n) is 2.79. The molecule has 0 spiro atoms. The summed E-state index contributed by atoms with van der Waals surface area (Å²) in [6, 6.07) is 7.55. The van der Waals surface area contributed by atoms with Crippen molar-refractivity contribution in [2.24, 2.45) is 0 Å². The van der Waals surface area contributed by atoms with Crippen LogP contribution in [0.4, 0.5) is 0 Å². The van der Waals surface area contributed by atoms with Crippen LogP contribution in [0.5, 0.6) is 5.75 Å². The lowest BCUT2D eigenvalue weighted by Gasteiger charge is -2.03. The molecule has 1 aromatic rings. The van der Waals surface area contributed by atoms with E-state index in [9.17, 15) is 9.59 Å². The highest BCUT2D eigenvalue weighted by molar-refractivity contribution is 5.89. The normalized spacial score (nSPS) is 14.1. The molecule has 0 bridgehead atoms. The van der Waals surface area contributed by atoms with Gasteiger partial charge in [-0.05, 0) is 36.6 Å². The van der Waals surface area contributed by atoms with Crippen molar-refractivity contribution >= 4 is 18.0 Å². The van der Waals surface area contributed by atoms with Crippen LogP contribution in [0.25, 0.3) is 6.08 Å². The first-order valence-corrected chi connectivity index (χ1v) is 6.45. The number of methoxy groups -OCH3 is 1. The second-order valence-corrected chi connectivity index (χ2v) is 4.56. The van der Waals surface area contributed by atoms with Gasteiger partial charge in [-0.15, -0.1) is 0 Å². The molecular formula is C15H17NO4. The monoisotopic (exact) mass is 275 g/mol. The molecule has 0 aliphatic heterocycles. The Labute approximate surface area is 117 Å². The fourth-order valence-corrected chi connectivity index (χ4v) is 1.59. The molecule has 1 N–H and O–H groups in total. The highest BCUT2D eigenvalue weighted by atomic mass is 16.5. The number of hydrogen-bond donors (Lipinski definition) is 1. The van der Waals surface area contributed by atoms with Crippen LogP contribution in [0.3, 0.4) is 0 Å². The summed E-state index contributed by atoms with van der Waals surface area (Å²) in [5, 5.41) is 2.74. The summed E-state index contributed by atoms with van der Waals surface area (Å²) in [5.74, 6) is -0.0845. The number of ether oxygens (including phenoxy) is 2. The SMILES string of the molecule is COc1cccc(/C=C/C(=O)OCC(=O)NC2CC2)c1. The summed E-state index contributed by atoms with van der Waals surface area (Å²) in [7, 11) is 1.58. The molecule has 2 rings (SSSR count). The fraction of sp³-hybridized carbons (Fsp3) is 0.333. The molecule has 0 unspecified atom stereocenters. The summed E-state index contributed by atoms with van der Waals surface area (Å²) < 4.78 is 9.92. The maximum absolute atomic E-state index is 11.5. The van der Waals surface area contributed by atoms with E-state index in [0.717, 1.165) is 18.4 Å². The largest absolute Gasteiger partial charge is 0.497 e. The molecule has 0 aromatic heterocycles. The van der Waals surface area contributed by atoms with E-state index in [1.165, 1.54) is 6.08 Å². The van der Waals surface area contributed by atoms with Crippen LogP contribution in [0, 0.1) is 0 Å². The first kappa shape index (κ1) is 14.1. The summed E-state index contributed by atoms with van der Waals surface area (Å²) in [4.78, 5) is 22.8. The van der Waals surface area contributed by atoms with Gasteiger partial charge in [0, 0.05) is 12.1 Å². The Morgan fingerprint density at radius 2 is 2.20 bits per heavy atom. The van der Waals surface area contributed by atoms with Gasteiger partial charge in [0.05, 0.1) is 7.11 Å². The minimum Gasteiger partial charge on any atom is -0.497 e. The standard InChI is InChI=1S/C15H17NO4/c1-19-13-4-2-3-11(9-13)5-8-15(18)20-10-14(17)16-12-6-7-12/h2-5,8-9,12H,6-7,10H2,1H3,(H,16,17)/b8-5+. The van der Waals surface area contributed by atoms with Gasteiger partial charge in [0.25, 0.3) is 5.91 Å². The Morgan fingerprint density at radius 1 is 1.40 bits per heavy atom. The number of hydrogen-bond acceptors (Lipinski definition) is 4. The third kappa shape index (κ3) is 4.76. The highest BCUT2D eigenvalue weighted by Gasteiger charge is 2.23. The summed E-state index contributed by atoms with van der Waals surface area (Å²) in [5.41, 5.74) is 0.823. The summed E-state index contributed by atoms with van der Waals surface area (Å²) in [6.45, 7) is -0.238. The molecule has 1 aliphatic carbocycles. The van der Waals surface area contributed by atoms with Crippen LogP contribution in [0.15, 0.2) is 30.3 Å².